The highest BCUT2D eigenvalue weighted by Crippen LogP contribution is 2.09. The lowest BCUT2D eigenvalue weighted by Crippen LogP contribution is -1.61. The number of H-pyrrole nitrogens is 2. The maximum absolute atomic E-state index is 3.12. The monoisotopic (exact) mass is 250 g/mol. The van der Waals surface area contributed by atoms with E-state index in [2.05, 4.69) is 46.4 Å². The average Bonchev–Trinajstić information content (AvgIpc) is 3.08. The van der Waals surface area contributed by atoms with Crippen LogP contribution in [0.1, 0.15) is 7.43 Å². The molecule has 0 atom stereocenters. The summed E-state index contributed by atoms with van der Waals surface area (Å²) in [6.45, 7) is 0. The number of benzene rings is 2. The zero-order valence-corrected chi connectivity index (χ0v) is 9.93. The molecule has 2 heterocycles. The van der Waals surface area contributed by atoms with Crippen molar-refractivity contribution in [3.63, 3.8) is 0 Å². The number of aromatic nitrogens is 2. The topological polar surface area (TPSA) is 31.6 Å². The highest BCUT2D eigenvalue weighted by molar-refractivity contribution is 5.79. The number of hydrogen-bond acceptors (Lipinski definition) is 0. The van der Waals surface area contributed by atoms with Crippen LogP contribution in [0.2, 0.25) is 0 Å². The standard InChI is InChI=1S/2C8H7N.CH4/c2*1-2-4-8-7(3-1)5-6-9-8;/h2*1-6,9H;1H4. The van der Waals surface area contributed by atoms with Gasteiger partial charge in [-0.3, -0.25) is 0 Å². The predicted octanol–water partition coefficient (Wildman–Crippen LogP) is 4.97. The molecule has 0 saturated heterocycles. The molecule has 2 aromatic carbocycles. The molecule has 0 bridgehead atoms. The van der Waals surface area contributed by atoms with Crippen molar-refractivity contribution in [3.8, 4) is 0 Å². The molecule has 2 nitrogen and oxygen atoms in total. The fourth-order valence-corrected chi connectivity index (χ4v) is 1.99. The van der Waals surface area contributed by atoms with Gasteiger partial charge in [-0.25, -0.2) is 0 Å². The summed E-state index contributed by atoms with van der Waals surface area (Å²) in [6, 6.07) is 20.6. The first-order chi connectivity index (χ1) is 8.93. The Balaban J connectivity index is 0.000000133. The van der Waals surface area contributed by atoms with Crippen molar-refractivity contribution in [1.82, 2.24) is 9.97 Å². The Labute approximate surface area is 113 Å². The summed E-state index contributed by atoms with van der Waals surface area (Å²) >= 11 is 0. The lowest BCUT2D eigenvalue weighted by atomic mass is 10.3. The van der Waals surface area contributed by atoms with Gasteiger partial charge in [-0.1, -0.05) is 43.8 Å². The summed E-state index contributed by atoms with van der Waals surface area (Å²) in [5, 5.41) is 2.55. The summed E-state index contributed by atoms with van der Waals surface area (Å²) in [5.41, 5.74) is 2.41. The molecule has 0 fully saturated rings. The maximum atomic E-state index is 3.12. The molecule has 4 rings (SSSR count). The van der Waals surface area contributed by atoms with Crippen LogP contribution in [0.25, 0.3) is 21.8 Å². The van der Waals surface area contributed by atoms with Gasteiger partial charge in [0.05, 0.1) is 0 Å². The molecule has 96 valence electrons. The van der Waals surface area contributed by atoms with Gasteiger partial charge in [-0.15, -0.1) is 0 Å². The SMILES string of the molecule is C.c1ccc2[nH]ccc2c1.c1ccc2[nH]ccc2c1. The zero-order valence-electron chi connectivity index (χ0n) is 9.93. The number of nitrogens with one attached hydrogen (secondary N) is 2. The molecule has 0 amide bonds. The van der Waals surface area contributed by atoms with E-state index in [1.54, 1.807) is 0 Å². The second-order valence-electron chi connectivity index (χ2n) is 4.13. The summed E-state index contributed by atoms with van der Waals surface area (Å²) in [6.07, 6.45) is 3.90. The summed E-state index contributed by atoms with van der Waals surface area (Å²) in [5.74, 6) is 0. The van der Waals surface area contributed by atoms with Gasteiger partial charge in [0.1, 0.15) is 0 Å². The Morgan fingerprint density at radius 1 is 0.526 bits per heavy atom. The van der Waals surface area contributed by atoms with Gasteiger partial charge >= 0.3 is 0 Å². The first-order valence-electron chi connectivity index (χ1n) is 5.98. The van der Waals surface area contributed by atoms with E-state index in [0.29, 0.717) is 0 Å². The molecule has 2 N–H and O–H groups in total. The lowest BCUT2D eigenvalue weighted by molar-refractivity contribution is 1.48. The molecule has 0 unspecified atom stereocenters. The van der Waals surface area contributed by atoms with Crippen LogP contribution in [0.4, 0.5) is 0 Å². The van der Waals surface area contributed by atoms with Crippen molar-refractivity contribution < 1.29 is 0 Å². The number of para-hydroxylation sites is 2. The van der Waals surface area contributed by atoms with E-state index < -0.39 is 0 Å². The smallest absolute Gasteiger partial charge is 0.0453 e. The zero-order chi connectivity index (χ0) is 12.2. The summed E-state index contributed by atoms with van der Waals surface area (Å²) < 4.78 is 0. The molecular formula is C17H18N2. The molecule has 19 heavy (non-hydrogen) atoms. The second-order valence-corrected chi connectivity index (χ2v) is 4.13. The molecule has 2 heteroatoms. The van der Waals surface area contributed by atoms with Crippen LogP contribution in [-0.4, -0.2) is 9.97 Å². The summed E-state index contributed by atoms with van der Waals surface area (Å²) in [7, 11) is 0. The molecule has 0 spiro atoms. The Morgan fingerprint density at radius 3 is 1.37 bits per heavy atom. The fourth-order valence-electron chi connectivity index (χ4n) is 1.99. The van der Waals surface area contributed by atoms with Gasteiger partial charge in [0, 0.05) is 23.4 Å². The fraction of sp³-hybridized carbons (Fsp3) is 0.0588. The highest BCUT2D eigenvalue weighted by Gasteiger charge is 1.87. The second kappa shape index (κ2) is 5.91. The van der Waals surface area contributed by atoms with Crippen molar-refractivity contribution in [2.75, 3.05) is 0 Å². The number of aromatic amines is 2. The van der Waals surface area contributed by atoms with E-state index in [1.165, 1.54) is 21.8 Å². The minimum atomic E-state index is 0. The van der Waals surface area contributed by atoms with Gasteiger partial charge in [0.2, 0.25) is 0 Å². The summed E-state index contributed by atoms with van der Waals surface area (Å²) in [4.78, 5) is 6.24. The third kappa shape index (κ3) is 2.86. The Morgan fingerprint density at radius 2 is 0.947 bits per heavy atom. The van der Waals surface area contributed by atoms with Crippen LogP contribution in [0.15, 0.2) is 73.1 Å². The Kier molecular flexibility index (Phi) is 4.04. The molecule has 4 aromatic rings. The number of fused-ring (bicyclic) bond motifs is 2. The molecule has 0 aliphatic rings. The van der Waals surface area contributed by atoms with Crippen molar-refractivity contribution >= 4 is 21.8 Å². The number of rotatable bonds is 0. The first kappa shape index (κ1) is 13.0. The van der Waals surface area contributed by atoms with E-state index in [0.717, 1.165) is 0 Å². The van der Waals surface area contributed by atoms with E-state index in [9.17, 15) is 0 Å². The van der Waals surface area contributed by atoms with Crippen molar-refractivity contribution in [2.45, 2.75) is 7.43 Å². The Bertz CT molecular complexity index is 623. The van der Waals surface area contributed by atoms with E-state index in [1.807, 2.05) is 36.7 Å². The van der Waals surface area contributed by atoms with Crippen molar-refractivity contribution in [3.05, 3.63) is 73.1 Å². The van der Waals surface area contributed by atoms with E-state index in [-0.39, 0.29) is 7.43 Å². The van der Waals surface area contributed by atoms with Crippen molar-refractivity contribution in [2.24, 2.45) is 0 Å². The normalized spacial score (nSPS) is 9.68. The quantitative estimate of drug-likeness (QED) is 0.441. The van der Waals surface area contributed by atoms with Crippen LogP contribution >= 0.6 is 0 Å². The third-order valence-corrected chi connectivity index (χ3v) is 2.93. The average molecular weight is 250 g/mol. The van der Waals surface area contributed by atoms with Crippen LogP contribution < -0.4 is 0 Å². The molecule has 0 saturated carbocycles. The van der Waals surface area contributed by atoms with Crippen LogP contribution in [-0.2, 0) is 0 Å². The van der Waals surface area contributed by atoms with Gasteiger partial charge in [-0.2, -0.15) is 0 Å². The predicted molar refractivity (Wildman–Crippen MR) is 83.3 cm³/mol. The highest BCUT2D eigenvalue weighted by atomic mass is 14.7. The minimum absolute atomic E-state index is 0. The first-order valence-corrected chi connectivity index (χ1v) is 5.98. The largest absolute Gasteiger partial charge is 0.361 e. The van der Waals surface area contributed by atoms with Crippen LogP contribution in [0.5, 0.6) is 0 Å². The lowest BCUT2D eigenvalue weighted by Gasteiger charge is -1.83. The van der Waals surface area contributed by atoms with Crippen LogP contribution in [0.3, 0.4) is 0 Å². The Hall–Kier alpha value is -2.48. The van der Waals surface area contributed by atoms with Gasteiger partial charge < -0.3 is 9.97 Å². The van der Waals surface area contributed by atoms with E-state index in [4.69, 9.17) is 0 Å². The number of hydrogen-bond donors (Lipinski definition) is 2. The van der Waals surface area contributed by atoms with Gasteiger partial charge in [-0.05, 0) is 35.0 Å². The molecule has 2 aromatic heterocycles. The van der Waals surface area contributed by atoms with Gasteiger partial charge in [0.15, 0.2) is 0 Å². The van der Waals surface area contributed by atoms with Gasteiger partial charge in [0.25, 0.3) is 0 Å². The molecule has 0 aliphatic carbocycles. The van der Waals surface area contributed by atoms with Crippen LogP contribution in [0, 0.1) is 0 Å². The maximum Gasteiger partial charge on any atom is 0.0453 e. The molecule has 0 aliphatic heterocycles. The molecule has 0 radical (unpaired) electrons. The third-order valence-electron chi connectivity index (χ3n) is 2.93. The van der Waals surface area contributed by atoms with E-state index >= 15 is 0 Å². The minimum Gasteiger partial charge on any atom is -0.361 e. The van der Waals surface area contributed by atoms with Crippen molar-refractivity contribution in [1.29, 1.82) is 0 Å². The molecular weight excluding hydrogens is 232 g/mol.